The summed E-state index contributed by atoms with van der Waals surface area (Å²) in [4.78, 5) is 3.93. The van der Waals surface area contributed by atoms with E-state index in [0.29, 0.717) is 5.01 Å². The zero-order valence-corrected chi connectivity index (χ0v) is 10.0. The van der Waals surface area contributed by atoms with Crippen LogP contribution in [0.25, 0.3) is 0 Å². The van der Waals surface area contributed by atoms with Crippen molar-refractivity contribution >= 4 is 21.2 Å². The van der Waals surface area contributed by atoms with Crippen molar-refractivity contribution in [1.29, 1.82) is 0 Å². The van der Waals surface area contributed by atoms with Gasteiger partial charge in [-0.2, -0.15) is 0 Å². The molecule has 1 radical (unpaired) electrons. The van der Waals surface area contributed by atoms with Crippen molar-refractivity contribution in [3.05, 3.63) is 58.2 Å². The van der Waals surface area contributed by atoms with E-state index in [9.17, 15) is 8.42 Å². The number of thiazole rings is 1. The quantitative estimate of drug-likeness (QED) is 0.838. The second kappa shape index (κ2) is 4.76. The Morgan fingerprint density at radius 2 is 2.00 bits per heavy atom. The van der Waals surface area contributed by atoms with Crippen molar-refractivity contribution in [2.45, 2.75) is 5.75 Å². The van der Waals surface area contributed by atoms with Gasteiger partial charge in [-0.25, -0.2) is 13.4 Å². The Hall–Kier alpha value is -1.20. The zero-order valence-electron chi connectivity index (χ0n) is 8.41. The Bertz CT molecular complexity index is 533. The van der Waals surface area contributed by atoms with Gasteiger partial charge in [0.25, 0.3) is 0 Å². The zero-order chi connectivity index (χ0) is 11.4. The standard InChI is InChI=1S/C11H10NO2S2/c13-16(14,9-11-12-6-7-15-11)8-10-4-2-1-3-5-10/h1-7,9H,8H2. The van der Waals surface area contributed by atoms with Crippen LogP contribution < -0.4 is 0 Å². The van der Waals surface area contributed by atoms with Crippen LogP contribution in [-0.4, -0.2) is 13.4 Å². The minimum atomic E-state index is -3.23. The molecule has 0 amide bonds. The highest BCUT2D eigenvalue weighted by atomic mass is 32.2. The summed E-state index contributed by atoms with van der Waals surface area (Å²) < 4.78 is 23.6. The lowest BCUT2D eigenvalue weighted by molar-refractivity contribution is 0.601. The minimum absolute atomic E-state index is 0.0212. The fourth-order valence-electron chi connectivity index (χ4n) is 1.29. The Labute approximate surface area is 98.7 Å². The molecule has 0 aliphatic rings. The third-order valence-electron chi connectivity index (χ3n) is 1.94. The highest BCUT2D eigenvalue weighted by Gasteiger charge is 2.15. The van der Waals surface area contributed by atoms with E-state index in [1.54, 1.807) is 23.7 Å². The van der Waals surface area contributed by atoms with Crippen LogP contribution in [0.3, 0.4) is 0 Å². The monoisotopic (exact) mass is 252 g/mol. The Morgan fingerprint density at radius 3 is 2.62 bits per heavy atom. The highest BCUT2D eigenvalue weighted by molar-refractivity contribution is 7.93. The molecule has 0 saturated carbocycles. The van der Waals surface area contributed by atoms with Gasteiger partial charge >= 0.3 is 0 Å². The largest absolute Gasteiger partial charge is 0.248 e. The lowest BCUT2D eigenvalue weighted by Gasteiger charge is -2.01. The van der Waals surface area contributed by atoms with Crippen LogP contribution in [0, 0.1) is 5.75 Å². The predicted molar refractivity (Wildman–Crippen MR) is 64.6 cm³/mol. The third-order valence-corrected chi connectivity index (χ3v) is 4.13. The smallest absolute Gasteiger partial charge is 0.165 e. The van der Waals surface area contributed by atoms with Gasteiger partial charge in [-0.1, -0.05) is 30.3 Å². The average molecular weight is 252 g/mol. The summed E-state index contributed by atoms with van der Waals surface area (Å²) in [6, 6.07) is 9.11. The molecule has 0 aliphatic heterocycles. The Morgan fingerprint density at radius 1 is 1.25 bits per heavy atom. The number of hydrogen-bond donors (Lipinski definition) is 0. The second-order valence-corrected chi connectivity index (χ2v) is 6.06. The van der Waals surface area contributed by atoms with Gasteiger partial charge in [0, 0.05) is 11.6 Å². The summed E-state index contributed by atoms with van der Waals surface area (Å²) >= 11 is 1.31. The molecule has 0 fully saturated rings. The van der Waals surface area contributed by atoms with E-state index < -0.39 is 9.84 Å². The van der Waals surface area contributed by atoms with E-state index in [-0.39, 0.29) is 5.75 Å². The maximum atomic E-state index is 11.8. The third kappa shape index (κ3) is 3.15. The lowest BCUT2D eigenvalue weighted by atomic mass is 10.2. The van der Waals surface area contributed by atoms with Gasteiger partial charge < -0.3 is 0 Å². The number of benzene rings is 1. The van der Waals surface area contributed by atoms with Crippen LogP contribution in [0.15, 0.2) is 41.9 Å². The first-order chi connectivity index (χ1) is 7.66. The molecule has 83 valence electrons. The van der Waals surface area contributed by atoms with Gasteiger partial charge in [-0.05, 0) is 5.56 Å². The molecule has 0 saturated heterocycles. The molecule has 0 unspecified atom stereocenters. The van der Waals surface area contributed by atoms with Gasteiger partial charge in [-0.3, -0.25) is 0 Å². The molecular weight excluding hydrogens is 242 g/mol. The highest BCUT2D eigenvalue weighted by Crippen LogP contribution is 2.15. The molecule has 3 nitrogen and oxygen atoms in total. The molecule has 0 N–H and O–H groups in total. The molecule has 5 heteroatoms. The summed E-state index contributed by atoms with van der Waals surface area (Å²) in [7, 11) is -3.23. The topological polar surface area (TPSA) is 47.0 Å². The Kier molecular flexibility index (Phi) is 3.36. The van der Waals surface area contributed by atoms with Crippen LogP contribution in [0.1, 0.15) is 10.6 Å². The van der Waals surface area contributed by atoms with E-state index >= 15 is 0 Å². The van der Waals surface area contributed by atoms with Gasteiger partial charge in [0.1, 0.15) is 10.8 Å². The van der Waals surface area contributed by atoms with E-state index in [1.807, 2.05) is 18.2 Å². The molecule has 1 aromatic carbocycles. The number of rotatable bonds is 4. The number of aromatic nitrogens is 1. The molecule has 1 heterocycles. The average Bonchev–Trinajstić information content (AvgIpc) is 2.70. The lowest BCUT2D eigenvalue weighted by Crippen LogP contribution is -2.05. The van der Waals surface area contributed by atoms with Gasteiger partial charge in [0.05, 0.1) is 5.75 Å². The molecule has 0 atom stereocenters. The Balaban J connectivity index is 2.09. The predicted octanol–water partition coefficient (Wildman–Crippen LogP) is 2.27. The van der Waals surface area contributed by atoms with Gasteiger partial charge in [-0.15, -0.1) is 11.3 Å². The summed E-state index contributed by atoms with van der Waals surface area (Å²) in [6.45, 7) is 0. The minimum Gasteiger partial charge on any atom is -0.248 e. The summed E-state index contributed by atoms with van der Waals surface area (Å²) in [5.74, 6) is 1.25. The fourth-order valence-corrected chi connectivity index (χ4v) is 3.45. The number of sulfone groups is 1. The number of nitrogens with zero attached hydrogens (tertiary/aromatic N) is 1. The van der Waals surface area contributed by atoms with Crippen molar-refractivity contribution in [2.75, 3.05) is 0 Å². The summed E-state index contributed by atoms with van der Waals surface area (Å²) in [5, 5.41) is 2.28. The van der Waals surface area contributed by atoms with Gasteiger partial charge in [0.2, 0.25) is 0 Å². The molecule has 2 rings (SSSR count). The van der Waals surface area contributed by atoms with Crippen LogP contribution in [0.5, 0.6) is 0 Å². The van der Waals surface area contributed by atoms with Crippen molar-refractivity contribution in [1.82, 2.24) is 4.98 Å². The van der Waals surface area contributed by atoms with Gasteiger partial charge in [0.15, 0.2) is 9.84 Å². The van der Waals surface area contributed by atoms with Crippen molar-refractivity contribution in [3.8, 4) is 0 Å². The summed E-state index contributed by atoms with van der Waals surface area (Å²) in [6.07, 6.45) is 1.59. The van der Waals surface area contributed by atoms with Crippen LogP contribution in [0.4, 0.5) is 0 Å². The molecule has 2 aromatic rings. The van der Waals surface area contributed by atoms with Crippen molar-refractivity contribution in [2.24, 2.45) is 0 Å². The molecular formula is C11H10NO2S2. The van der Waals surface area contributed by atoms with Crippen LogP contribution in [0.2, 0.25) is 0 Å². The van der Waals surface area contributed by atoms with E-state index in [4.69, 9.17) is 0 Å². The first-order valence-corrected chi connectivity index (χ1v) is 7.26. The molecule has 0 bridgehead atoms. The first-order valence-electron chi connectivity index (χ1n) is 4.67. The van der Waals surface area contributed by atoms with E-state index in [2.05, 4.69) is 4.98 Å². The maximum absolute atomic E-state index is 11.8. The summed E-state index contributed by atoms with van der Waals surface area (Å²) in [5.41, 5.74) is 0.787. The SMILES string of the molecule is O=S(=O)([CH]c1nccs1)Cc1ccccc1. The van der Waals surface area contributed by atoms with Crippen LogP contribution >= 0.6 is 11.3 Å². The fraction of sp³-hybridized carbons (Fsp3) is 0.0909. The van der Waals surface area contributed by atoms with Crippen molar-refractivity contribution in [3.63, 3.8) is 0 Å². The number of hydrogen-bond acceptors (Lipinski definition) is 4. The molecule has 16 heavy (non-hydrogen) atoms. The van der Waals surface area contributed by atoms with E-state index in [0.717, 1.165) is 5.56 Å². The van der Waals surface area contributed by atoms with E-state index in [1.165, 1.54) is 17.1 Å². The first kappa shape index (κ1) is 11.3. The molecule has 0 aliphatic carbocycles. The molecule has 0 spiro atoms. The van der Waals surface area contributed by atoms with Crippen LogP contribution in [-0.2, 0) is 15.6 Å². The van der Waals surface area contributed by atoms with Crippen molar-refractivity contribution < 1.29 is 8.42 Å². The molecule has 1 aromatic heterocycles. The normalized spacial score (nSPS) is 11.5. The second-order valence-electron chi connectivity index (χ2n) is 3.28. The maximum Gasteiger partial charge on any atom is 0.165 e.